The fraction of sp³-hybridized carbons (Fsp3) is 0. The predicted octanol–water partition coefficient (Wildman–Crippen LogP) is 7.76. The number of carbonyl (C=O) groups excluding carboxylic acids is 1. The van der Waals surface area contributed by atoms with Crippen LogP contribution in [0.25, 0.3) is 17.4 Å². The molecule has 4 aromatic rings. The first-order valence-electron chi connectivity index (χ1n) is 10.7. The summed E-state index contributed by atoms with van der Waals surface area (Å²) in [5.41, 5.74) is 1.81. The van der Waals surface area contributed by atoms with Crippen LogP contribution >= 0.6 is 35.0 Å². The van der Waals surface area contributed by atoms with Gasteiger partial charge < -0.3 is 9.52 Å². The number of hydrogen-bond donors (Lipinski definition) is 1. The Morgan fingerprint density at radius 1 is 0.972 bits per heavy atom. The van der Waals surface area contributed by atoms with Crippen LogP contribution in [0.15, 0.2) is 99.2 Å². The third-order valence-electron chi connectivity index (χ3n) is 5.23. The van der Waals surface area contributed by atoms with Gasteiger partial charge in [0.15, 0.2) is 5.17 Å². The number of benzene rings is 3. The van der Waals surface area contributed by atoms with Gasteiger partial charge in [-0.05, 0) is 72.4 Å². The van der Waals surface area contributed by atoms with Crippen molar-refractivity contribution in [1.29, 1.82) is 0 Å². The summed E-state index contributed by atoms with van der Waals surface area (Å²) in [4.78, 5) is 31.3. The zero-order valence-electron chi connectivity index (χ0n) is 18.4. The number of rotatable bonds is 5. The van der Waals surface area contributed by atoms with E-state index in [1.165, 1.54) is 28.8 Å². The predicted molar refractivity (Wildman–Crippen MR) is 144 cm³/mol. The maximum atomic E-state index is 13.4. The average Bonchev–Trinajstić information content (AvgIpc) is 3.45. The number of carboxylic acids is 1. The van der Waals surface area contributed by atoms with E-state index in [0.717, 1.165) is 0 Å². The van der Waals surface area contributed by atoms with Gasteiger partial charge >= 0.3 is 5.97 Å². The van der Waals surface area contributed by atoms with Gasteiger partial charge in [-0.25, -0.2) is 9.79 Å². The number of halogens is 2. The van der Waals surface area contributed by atoms with Crippen LogP contribution < -0.4 is 4.90 Å². The van der Waals surface area contributed by atoms with Crippen molar-refractivity contribution < 1.29 is 19.1 Å². The third-order valence-corrected chi connectivity index (χ3v) is 6.77. The maximum absolute atomic E-state index is 13.4. The molecule has 36 heavy (non-hydrogen) atoms. The molecule has 1 aliphatic heterocycles. The standard InChI is InChI=1S/C27H16Cl2N2O4S/c28-17-9-11-22(29)21(14-17)23-12-10-20(35-23)15-24-25(32)31(19-7-2-1-3-8-19)27(36-24)30-18-6-4-5-16(13-18)26(33)34/h1-15H,(H,33,34)/b24-15+,30-27?. The molecule has 5 rings (SSSR count). The minimum Gasteiger partial charge on any atom is -0.478 e. The summed E-state index contributed by atoms with van der Waals surface area (Å²) in [5.74, 6) is -0.359. The third kappa shape index (κ3) is 4.95. The van der Waals surface area contributed by atoms with Gasteiger partial charge in [-0.2, -0.15) is 0 Å². The van der Waals surface area contributed by atoms with Gasteiger partial charge in [0, 0.05) is 16.7 Å². The van der Waals surface area contributed by atoms with Gasteiger partial charge in [0.1, 0.15) is 11.5 Å². The fourth-order valence-electron chi connectivity index (χ4n) is 3.56. The number of amidine groups is 1. The molecule has 1 N–H and O–H groups in total. The Bertz CT molecular complexity index is 1550. The molecule has 0 atom stereocenters. The van der Waals surface area contributed by atoms with Gasteiger partial charge in [0.2, 0.25) is 0 Å². The highest BCUT2D eigenvalue weighted by atomic mass is 35.5. The summed E-state index contributed by atoms with van der Waals surface area (Å²) in [6.07, 6.45) is 1.64. The number of amides is 1. The topological polar surface area (TPSA) is 83.1 Å². The number of hydrogen-bond acceptors (Lipinski definition) is 5. The van der Waals surface area contributed by atoms with Crippen molar-refractivity contribution in [3.8, 4) is 11.3 Å². The van der Waals surface area contributed by atoms with Crippen molar-refractivity contribution >= 4 is 69.5 Å². The maximum Gasteiger partial charge on any atom is 0.335 e. The molecule has 1 saturated heterocycles. The molecule has 0 bridgehead atoms. The lowest BCUT2D eigenvalue weighted by atomic mass is 10.2. The van der Waals surface area contributed by atoms with Crippen LogP contribution in [0.1, 0.15) is 16.1 Å². The Labute approximate surface area is 220 Å². The second-order valence-electron chi connectivity index (χ2n) is 7.66. The molecule has 0 radical (unpaired) electrons. The highest BCUT2D eigenvalue weighted by Gasteiger charge is 2.35. The number of aromatic carboxylic acids is 1. The van der Waals surface area contributed by atoms with E-state index < -0.39 is 5.97 Å². The van der Waals surface area contributed by atoms with E-state index in [0.29, 0.717) is 48.6 Å². The van der Waals surface area contributed by atoms with Crippen LogP contribution in [0.4, 0.5) is 11.4 Å². The number of nitrogens with zero attached hydrogens (tertiary/aromatic N) is 2. The summed E-state index contributed by atoms with van der Waals surface area (Å²) in [6.45, 7) is 0. The summed E-state index contributed by atoms with van der Waals surface area (Å²) >= 11 is 13.6. The lowest BCUT2D eigenvalue weighted by molar-refractivity contribution is -0.113. The smallest absolute Gasteiger partial charge is 0.335 e. The molecule has 0 unspecified atom stereocenters. The van der Waals surface area contributed by atoms with E-state index in [4.69, 9.17) is 27.6 Å². The van der Waals surface area contributed by atoms with Crippen LogP contribution in [0.5, 0.6) is 0 Å². The van der Waals surface area contributed by atoms with Crippen LogP contribution in [0.3, 0.4) is 0 Å². The molecule has 1 fully saturated rings. The summed E-state index contributed by atoms with van der Waals surface area (Å²) in [7, 11) is 0. The van der Waals surface area contributed by atoms with Crippen molar-refractivity contribution in [3.63, 3.8) is 0 Å². The molecular weight excluding hydrogens is 519 g/mol. The lowest BCUT2D eigenvalue weighted by Crippen LogP contribution is -2.28. The monoisotopic (exact) mass is 534 g/mol. The molecule has 1 aromatic heterocycles. The SMILES string of the molecule is O=C(O)c1cccc(N=C2S/C(=C/c3ccc(-c4cc(Cl)ccc4Cl)o3)C(=O)N2c2ccccc2)c1. The van der Waals surface area contributed by atoms with E-state index >= 15 is 0 Å². The number of anilines is 1. The fourth-order valence-corrected chi connectivity index (χ4v) is 4.93. The summed E-state index contributed by atoms with van der Waals surface area (Å²) < 4.78 is 5.94. The zero-order valence-corrected chi connectivity index (χ0v) is 20.7. The molecule has 0 saturated carbocycles. The minimum absolute atomic E-state index is 0.107. The van der Waals surface area contributed by atoms with Crippen molar-refractivity contribution in [3.05, 3.63) is 111 Å². The molecular formula is C27H16Cl2N2O4S. The molecule has 2 heterocycles. The largest absolute Gasteiger partial charge is 0.478 e. The molecule has 1 amide bonds. The number of furan rings is 1. The summed E-state index contributed by atoms with van der Waals surface area (Å²) in [6, 6.07) is 23.9. The molecule has 9 heteroatoms. The molecule has 3 aromatic carbocycles. The molecule has 1 aliphatic rings. The van der Waals surface area contributed by atoms with Crippen LogP contribution in [0.2, 0.25) is 10.0 Å². The summed E-state index contributed by atoms with van der Waals surface area (Å²) in [5, 5.41) is 10.7. The van der Waals surface area contributed by atoms with Gasteiger partial charge in [-0.15, -0.1) is 0 Å². The Kier molecular flexibility index (Phi) is 6.69. The van der Waals surface area contributed by atoms with E-state index in [1.54, 1.807) is 60.7 Å². The quantitative estimate of drug-likeness (QED) is 0.264. The number of thioether (sulfide) groups is 1. The Hall–Kier alpha value is -3.78. The molecule has 0 spiro atoms. The molecule has 0 aliphatic carbocycles. The highest BCUT2D eigenvalue weighted by Crippen LogP contribution is 2.38. The van der Waals surface area contributed by atoms with Crippen LogP contribution in [-0.2, 0) is 4.79 Å². The van der Waals surface area contributed by atoms with Gasteiger partial charge in [-0.1, -0.05) is 47.5 Å². The zero-order chi connectivity index (χ0) is 25.2. The normalized spacial score (nSPS) is 15.7. The lowest BCUT2D eigenvalue weighted by Gasteiger charge is -2.15. The van der Waals surface area contributed by atoms with Crippen molar-refractivity contribution in [1.82, 2.24) is 0 Å². The highest BCUT2D eigenvalue weighted by molar-refractivity contribution is 8.19. The van der Waals surface area contributed by atoms with Crippen LogP contribution in [0, 0.1) is 0 Å². The van der Waals surface area contributed by atoms with Crippen molar-refractivity contribution in [2.45, 2.75) is 0 Å². The second kappa shape index (κ2) is 10.1. The Morgan fingerprint density at radius 3 is 2.56 bits per heavy atom. The first-order valence-corrected chi connectivity index (χ1v) is 12.2. The van der Waals surface area contributed by atoms with Crippen molar-refractivity contribution in [2.24, 2.45) is 4.99 Å². The van der Waals surface area contributed by atoms with E-state index in [-0.39, 0.29) is 11.5 Å². The average molecular weight is 535 g/mol. The minimum atomic E-state index is -1.05. The van der Waals surface area contributed by atoms with E-state index in [2.05, 4.69) is 4.99 Å². The van der Waals surface area contributed by atoms with Gasteiger partial charge in [0.05, 0.1) is 26.9 Å². The molecule has 178 valence electrons. The van der Waals surface area contributed by atoms with Crippen LogP contribution in [-0.4, -0.2) is 22.2 Å². The Morgan fingerprint density at radius 2 is 1.78 bits per heavy atom. The van der Waals surface area contributed by atoms with E-state index in [1.807, 2.05) is 18.2 Å². The van der Waals surface area contributed by atoms with Gasteiger partial charge in [-0.3, -0.25) is 9.69 Å². The first kappa shape index (κ1) is 23.9. The molecule has 6 nitrogen and oxygen atoms in total. The number of carboxylic acid groups (broad SMARTS) is 1. The second-order valence-corrected chi connectivity index (χ2v) is 9.52. The first-order chi connectivity index (χ1) is 17.4. The number of para-hydroxylation sites is 1. The van der Waals surface area contributed by atoms with Gasteiger partial charge in [0.25, 0.3) is 5.91 Å². The van der Waals surface area contributed by atoms with Crippen molar-refractivity contribution in [2.75, 3.05) is 4.90 Å². The Balaban J connectivity index is 1.52. The van der Waals surface area contributed by atoms with E-state index in [9.17, 15) is 14.7 Å². The number of carbonyl (C=O) groups is 2. The number of aliphatic imine (C=N–C) groups is 1.